The van der Waals surface area contributed by atoms with Crippen molar-refractivity contribution in [1.82, 2.24) is 14.8 Å². The van der Waals surface area contributed by atoms with E-state index in [4.69, 9.17) is 16.3 Å². The summed E-state index contributed by atoms with van der Waals surface area (Å²) in [5.74, 6) is -0.472. The Morgan fingerprint density at radius 1 is 1.12 bits per heavy atom. The molecule has 0 fully saturated rings. The molecule has 0 saturated carbocycles. The number of benzene rings is 3. The van der Waals surface area contributed by atoms with E-state index in [1.807, 2.05) is 18.0 Å². The first-order chi connectivity index (χ1) is 20.0. The van der Waals surface area contributed by atoms with E-state index in [-0.39, 0.29) is 42.6 Å². The van der Waals surface area contributed by atoms with Crippen LogP contribution in [0.1, 0.15) is 33.2 Å². The lowest BCUT2D eigenvalue weighted by molar-refractivity contribution is -0.119. The molecule has 0 aliphatic carbocycles. The van der Waals surface area contributed by atoms with Gasteiger partial charge in [0.2, 0.25) is 11.3 Å². The van der Waals surface area contributed by atoms with Gasteiger partial charge in [-0.1, -0.05) is 29.8 Å². The molecule has 2 amide bonds. The monoisotopic (exact) mass is 590 g/mol. The van der Waals surface area contributed by atoms with Gasteiger partial charge < -0.3 is 29.7 Å². The van der Waals surface area contributed by atoms with Crippen molar-refractivity contribution >= 4 is 40.0 Å². The second-order valence-corrected chi connectivity index (χ2v) is 10.9. The SMILES string of the molecule is COc1cc(C(O)CN(C)Cc2cc3c4c(c2)c(=O)c(C(=O)NCc2ccc(Cl)cc2)cn4CC(=O)N3C)ccc1O. The number of aliphatic hydroxyl groups is 1. The molecule has 218 valence electrons. The van der Waals surface area contributed by atoms with Crippen LogP contribution in [0, 0.1) is 0 Å². The van der Waals surface area contributed by atoms with Crippen LogP contribution in [0.3, 0.4) is 0 Å². The Labute approximate surface area is 247 Å². The molecule has 0 bridgehead atoms. The van der Waals surface area contributed by atoms with Crippen molar-refractivity contribution in [3.63, 3.8) is 0 Å². The van der Waals surface area contributed by atoms with Crippen molar-refractivity contribution in [2.45, 2.75) is 25.7 Å². The van der Waals surface area contributed by atoms with E-state index in [1.165, 1.54) is 24.3 Å². The molecule has 0 spiro atoms. The number of rotatable bonds is 9. The number of hydrogen-bond donors (Lipinski definition) is 3. The highest BCUT2D eigenvalue weighted by atomic mass is 35.5. The van der Waals surface area contributed by atoms with Gasteiger partial charge in [-0.15, -0.1) is 0 Å². The number of aromatic hydroxyl groups is 1. The van der Waals surface area contributed by atoms with Gasteiger partial charge in [-0.3, -0.25) is 19.3 Å². The Bertz CT molecular complexity index is 1740. The highest BCUT2D eigenvalue weighted by molar-refractivity contribution is 6.30. The van der Waals surface area contributed by atoms with Crippen molar-refractivity contribution in [3.05, 3.63) is 98.3 Å². The number of methoxy groups -OCH3 is 1. The Hall–Kier alpha value is -4.38. The lowest BCUT2D eigenvalue weighted by Crippen LogP contribution is -2.37. The summed E-state index contributed by atoms with van der Waals surface area (Å²) in [6.07, 6.45) is 0.574. The summed E-state index contributed by atoms with van der Waals surface area (Å²) in [4.78, 5) is 43.1. The van der Waals surface area contributed by atoms with Gasteiger partial charge in [0.1, 0.15) is 12.1 Å². The maximum atomic E-state index is 13.7. The van der Waals surface area contributed by atoms with Crippen LogP contribution in [0.15, 0.2) is 65.6 Å². The predicted octanol–water partition coefficient (Wildman–Crippen LogP) is 3.44. The fourth-order valence-corrected chi connectivity index (χ4v) is 5.28. The normalized spacial score (nSPS) is 13.5. The number of carbonyl (C=O) groups is 2. The number of aromatic nitrogens is 1. The van der Waals surface area contributed by atoms with Gasteiger partial charge in [-0.2, -0.15) is 0 Å². The third-order valence-corrected chi connectivity index (χ3v) is 7.64. The zero-order valence-electron chi connectivity index (χ0n) is 23.4. The summed E-state index contributed by atoms with van der Waals surface area (Å²) in [6.45, 7) is 0.802. The molecule has 5 rings (SSSR count). The number of likely N-dealkylation sites (N-methyl/N-ethyl adjacent to an activating group) is 2. The second-order valence-electron chi connectivity index (χ2n) is 10.4. The number of phenolic OH excluding ortho intramolecular Hbond substituents is 1. The van der Waals surface area contributed by atoms with Crippen LogP contribution in [-0.4, -0.2) is 59.2 Å². The van der Waals surface area contributed by atoms with Gasteiger partial charge in [-0.05, 0) is 60.1 Å². The minimum atomic E-state index is -0.874. The van der Waals surface area contributed by atoms with E-state index in [1.54, 1.807) is 54.1 Å². The molecule has 1 aromatic heterocycles. The number of anilines is 1. The minimum absolute atomic E-state index is 0.000716. The molecule has 1 aliphatic heterocycles. The van der Waals surface area contributed by atoms with Crippen molar-refractivity contribution in [3.8, 4) is 11.5 Å². The first kappa shape index (κ1) is 29.1. The van der Waals surface area contributed by atoms with E-state index in [2.05, 4.69) is 5.32 Å². The maximum Gasteiger partial charge on any atom is 0.257 e. The van der Waals surface area contributed by atoms with Gasteiger partial charge >= 0.3 is 0 Å². The van der Waals surface area contributed by atoms with E-state index in [9.17, 15) is 24.6 Å². The number of nitrogens with zero attached hydrogens (tertiary/aromatic N) is 3. The highest BCUT2D eigenvalue weighted by Gasteiger charge is 2.27. The minimum Gasteiger partial charge on any atom is -0.504 e. The zero-order chi connectivity index (χ0) is 30.1. The molecule has 3 N–H and O–H groups in total. The molecule has 11 heteroatoms. The van der Waals surface area contributed by atoms with Crippen molar-refractivity contribution in [2.24, 2.45) is 0 Å². The quantitative estimate of drug-likeness (QED) is 0.273. The molecule has 4 aromatic rings. The van der Waals surface area contributed by atoms with Crippen LogP contribution in [0.25, 0.3) is 10.9 Å². The molecular formula is C31H31ClN4O6. The number of halogens is 1. The number of nitrogens with one attached hydrogen (secondary N) is 1. The van der Waals surface area contributed by atoms with Crippen LogP contribution >= 0.6 is 11.6 Å². The van der Waals surface area contributed by atoms with E-state index < -0.39 is 17.4 Å². The van der Waals surface area contributed by atoms with Crippen molar-refractivity contribution in [1.29, 1.82) is 0 Å². The molecule has 10 nitrogen and oxygen atoms in total. The molecule has 0 saturated heterocycles. The molecule has 0 radical (unpaired) electrons. The van der Waals surface area contributed by atoms with Gasteiger partial charge in [0.15, 0.2) is 11.5 Å². The van der Waals surface area contributed by atoms with E-state index >= 15 is 0 Å². The van der Waals surface area contributed by atoms with Crippen LogP contribution in [-0.2, 0) is 24.4 Å². The van der Waals surface area contributed by atoms with Crippen LogP contribution in [0.4, 0.5) is 5.69 Å². The standard InChI is InChI=1S/C31H31ClN4O6/c1-34(16-26(38)20-6-9-25(37)27(12-20)42-3)14-19-10-22-29-24(11-19)35(2)28(39)17-36(29)15-23(30(22)40)31(41)33-13-18-4-7-21(32)8-5-18/h4-12,15,26,37-38H,13-14,16-17H2,1-3H3,(H,33,41). The first-order valence-corrected chi connectivity index (χ1v) is 13.7. The molecule has 1 unspecified atom stereocenters. The summed E-state index contributed by atoms with van der Waals surface area (Å²) in [5.41, 5.74) is 2.81. The largest absolute Gasteiger partial charge is 0.504 e. The smallest absolute Gasteiger partial charge is 0.257 e. The van der Waals surface area contributed by atoms with E-state index in [0.29, 0.717) is 33.7 Å². The maximum absolute atomic E-state index is 13.7. The van der Waals surface area contributed by atoms with Crippen molar-refractivity contribution < 1.29 is 24.5 Å². The lowest BCUT2D eigenvalue weighted by Gasteiger charge is -2.29. The number of amides is 2. The number of pyridine rings is 1. The van der Waals surface area contributed by atoms with Crippen LogP contribution in [0.5, 0.6) is 11.5 Å². The number of phenols is 1. The van der Waals surface area contributed by atoms with Gasteiger partial charge in [0.25, 0.3) is 5.91 Å². The Balaban J connectivity index is 1.43. The summed E-state index contributed by atoms with van der Waals surface area (Å²) >= 11 is 5.94. The number of aliphatic hydroxyl groups excluding tert-OH is 1. The third kappa shape index (κ3) is 5.82. The fraction of sp³-hybridized carbons (Fsp3) is 0.258. The van der Waals surface area contributed by atoms with Crippen molar-refractivity contribution in [2.75, 3.05) is 32.6 Å². The average Bonchev–Trinajstić information content (AvgIpc) is 2.96. The molecule has 3 aromatic carbocycles. The average molecular weight is 591 g/mol. The van der Waals surface area contributed by atoms with E-state index in [0.717, 1.165) is 11.1 Å². The molecular weight excluding hydrogens is 560 g/mol. The molecule has 1 atom stereocenters. The summed E-state index contributed by atoms with van der Waals surface area (Å²) in [7, 11) is 4.92. The lowest BCUT2D eigenvalue weighted by atomic mass is 10.0. The summed E-state index contributed by atoms with van der Waals surface area (Å²) < 4.78 is 6.80. The van der Waals surface area contributed by atoms with Gasteiger partial charge in [-0.25, -0.2) is 0 Å². The highest BCUT2D eigenvalue weighted by Crippen LogP contribution is 2.32. The third-order valence-electron chi connectivity index (χ3n) is 7.39. The summed E-state index contributed by atoms with van der Waals surface area (Å²) in [5, 5.41) is 24.4. The molecule has 1 aliphatic rings. The Kier molecular flexibility index (Phi) is 8.22. The first-order valence-electron chi connectivity index (χ1n) is 13.3. The topological polar surface area (TPSA) is 124 Å². The number of hydrogen-bond acceptors (Lipinski definition) is 7. The molecule has 42 heavy (non-hydrogen) atoms. The number of ether oxygens (including phenoxy) is 1. The second kappa shape index (κ2) is 11.8. The van der Waals surface area contributed by atoms with Crippen LogP contribution < -0.4 is 20.4 Å². The Morgan fingerprint density at radius 3 is 2.57 bits per heavy atom. The summed E-state index contributed by atoms with van der Waals surface area (Å²) in [6, 6.07) is 15.3. The number of carbonyl (C=O) groups excluding carboxylic acids is 2. The van der Waals surface area contributed by atoms with Gasteiger partial charge in [0, 0.05) is 43.3 Å². The predicted molar refractivity (Wildman–Crippen MR) is 160 cm³/mol. The molecule has 2 heterocycles. The van der Waals surface area contributed by atoms with Crippen LogP contribution in [0.2, 0.25) is 5.02 Å². The zero-order valence-corrected chi connectivity index (χ0v) is 24.2. The fourth-order valence-electron chi connectivity index (χ4n) is 5.15. The van der Waals surface area contributed by atoms with Gasteiger partial charge in [0.05, 0.1) is 24.4 Å². The Morgan fingerprint density at radius 2 is 1.86 bits per heavy atom.